The summed E-state index contributed by atoms with van der Waals surface area (Å²) in [5, 5.41) is 4.72. The Bertz CT molecular complexity index is 1010. The van der Waals surface area contributed by atoms with Crippen molar-refractivity contribution in [2.45, 2.75) is 11.3 Å². The Hall–Kier alpha value is -2.68. The summed E-state index contributed by atoms with van der Waals surface area (Å²) in [5.74, 6) is 0.374. The molecule has 3 rings (SSSR count). The number of carbonyl (C=O) groups is 1. The van der Waals surface area contributed by atoms with Crippen molar-refractivity contribution in [1.29, 1.82) is 0 Å². The minimum Gasteiger partial charge on any atom is -0.497 e. The number of ether oxygens (including phenoxy) is 1. The highest BCUT2D eigenvalue weighted by Crippen LogP contribution is 2.17. The third kappa shape index (κ3) is 5.19. The van der Waals surface area contributed by atoms with E-state index in [2.05, 4.69) is 10.0 Å². The molecule has 0 saturated carbocycles. The summed E-state index contributed by atoms with van der Waals surface area (Å²) in [6.45, 7) is 0.322. The van der Waals surface area contributed by atoms with E-state index in [1.165, 1.54) is 24.3 Å². The van der Waals surface area contributed by atoms with Gasteiger partial charge in [0.25, 0.3) is 5.91 Å². The predicted octanol–water partition coefficient (Wildman–Crippen LogP) is 3.53. The van der Waals surface area contributed by atoms with Gasteiger partial charge in [0, 0.05) is 22.7 Å². The van der Waals surface area contributed by atoms with Gasteiger partial charge in [-0.3, -0.25) is 4.79 Å². The second-order valence-corrected chi connectivity index (χ2v) is 8.73. The number of benzene rings is 2. The summed E-state index contributed by atoms with van der Waals surface area (Å²) >= 11 is 1.59. The summed E-state index contributed by atoms with van der Waals surface area (Å²) in [6, 6.07) is 16.7. The zero-order chi connectivity index (χ0) is 20.0. The molecule has 0 saturated heterocycles. The molecule has 1 heterocycles. The van der Waals surface area contributed by atoms with Gasteiger partial charge in [-0.2, -0.15) is 0 Å². The van der Waals surface area contributed by atoms with E-state index in [9.17, 15) is 13.2 Å². The highest BCUT2D eigenvalue weighted by Gasteiger charge is 2.15. The third-order valence-corrected chi connectivity index (χ3v) is 6.43. The minimum absolute atomic E-state index is 0.125. The monoisotopic (exact) mass is 416 g/mol. The van der Waals surface area contributed by atoms with Crippen molar-refractivity contribution in [3.8, 4) is 5.75 Å². The lowest BCUT2D eigenvalue weighted by Gasteiger charge is -2.08. The van der Waals surface area contributed by atoms with Crippen LogP contribution >= 0.6 is 11.3 Å². The van der Waals surface area contributed by atoms with Crippen LogP contribution in [-0.2, 0) is 16.4 Å². The second-order valence-electron chi connectivity index (χ2n) is 5.93. The van der Waals surface area contributed by atoms with Gasteiger partial charge in [-0.15, -0.1) is 11.3 Å². The van der Waals surface area contributed by atoms with Gasteiger partial charge >= 0.3 is 0 Å². The Morgan fingerprint density at radius 1 is 1.04 bits per heavy atom. The topological polar surface area (TPSA) is 84.5 Å². The molecule has 0 atom stereocenters. The van der Waals surface area contributed by atoms with Crippen LogP contribution in [0.2, 0.25) is 0 Å². The van der Waals surface area contributed by atoms with Gasteiger partial charge in [-0.25, -0.2) is 13.1 Å². The molecule has 6 nitrogen and oxygen atoms in total. The van der Waals surface area contributed by atoms with Crippen molar-refractivity contribution in [3.05, 3.63) is 76.5 Å². The van der Waals surface area contributed by atoms with E-state index in [1.54, 1.807) is 42.7 Å². The quantitative estimate of drug-likeness (QED) is 0.588. The molecule has 0 fully saturated rings. The first-order valence-corrected chi connectivity index (χ1v) is 10.9. The van der Waals surface area contributed by atoms with Gasteiger partial charge in [-0.1, -0.05) is 6.07 Å². The molecule has 0 aliphatic carbocycles. The lowest BCUT2D eigenvalue weighted by atomic mass is 10.2. The molecule has 146 valence electrons. The number of carbonyl (C=O) groups excluding carboxylic acids is 1. The number of sulfonamides is 1. The molecule has 0 bridgehead atoms. The third-order valence-electron chi connectivity index (χ3n) is 4.02. The van der Waals surface area contributed by atoms with E-state index >= 15 is 0 Å². The van der Waals surface area contributed by atoms with Crippen LogP contribution in [0.1, 0.15) is 15.2 Å². The highest BCUT2D eigenvalue weighted by atomic mass is 32.2. The van der Waals surface area contributed by atoms with E-state index in [1.807, 2.05) is 17.5 Å². The molecule has 2 aromatic carbocycles. The Kier molecular flexibility index (Phi) is 6.45. The first kappa shape index (κ1) is 20.1. The van der Waals surface area contributed by atoms with Crippen LogP contribution in [0.5, 0.6) is 5.75 Å². The van der Waals surface area contributed by atoms with Crippen LogP contribution in [0.15, 0.2) is 70.9 Å². The molecule has 8 heteroatoms. The van der Waals surface area contributed by atoms with Crippen LogP contribution < -0.4 is 14.8 Å². The van der Waals surface area contributed by atoms with Gasteiger partial charge in [0.05, 0.1) is 12.0 Å². The van der Waals surface area contributed by atoms with Crippen molar-refractivity contribution in [3.63, 3.8) is 0 Å². The predicted molar refractivity (Wildman–Crippen MR) is 111 cm³/mol. The molecule has 3 aromatic rings. The van der Waals surface area contributed by atoms with Crippen molar-refractivity contribution >= 4 is 33.0 Å². The van der Waals surface area contributed by atoms with E-state index in [0.717, 1.165) is 4.88 Å². The molecular formula is C20H20N2O4S2. The first-order valence-electron chi connectivity index (χ1n) is 8.55. The number of thiophene rings is 1. The second kappa shape index (κ2) is 9.01. The maximum atomic E-state index is 12.4. The molecule has 2 N–H and O–H groups in total. The number of methoxy groups -OCH3 is 1. The molecule has 1 amide bonds. The van der Waals surface area contributed by atoms with Gasteiger partial charge in [0.15, 0.2) is 0 Å². The van der Waals surface area contributed by atoms with E-state index in [0.29, 0.717) is 30.0 Å². The molecule has 0 radical (unpaired) electrons. The normalized spacial score (nSPS) is 11.2. The molecule has 0 spiro atoms. The Morgan fingerprint density at radius 3 is 2.36 bits per heavy atom. The lowest BCUT2D eigenvalue weighted by Crippen LogP contribution is -2.26. The van der Waals surface area contributed by atoms with Crippen LogP contribution in [-0.4, -0.2) is 28.0 Å². The number of nitrogens with one attached hydrogen (secondary N) is 2. The van der Waals surface area contributed by atoms with Crippen molar-refractivity contribution in [2.75, 3.05) is 19.0 Å². The zero-order valence-electron chi connectivity index (χ0n) is 15.2. The van der Waals surface area contributed by atoms with E-state index < -0.39 is 10.0 Å². The Morgan fingerprint density at radius 2 is 1.75 bits per heavy atom. The maximum absolute atomic E-state index is 12.4. The summed E-state index contributed by atoms with van der Waals surface area (Å²) in [6.07, 6.45) is 0.638. The van der Waals surface area contributed by atoms with E-state index in [4.69, 9.17) is 4.74 Å². The van der Waals surface area contributed by atoms with Crippen molar-refractivity contribution < 1.29 is 17.9 Å². The molecule has 0 aliphatic rings. The number of anilines is 1. The SMILES string of the molecule is COc1ccc(NC(=O)c2ccc(S(=O)(=O)NCCc3cccs3)cc2)cc1. The molecular weight excluding hydrogens is 396 g/mol. The first-order chi connectivity index (χ1) is 13.5. The standard InChI is InChI=1S/C20H20N2O4S2/c1-26-17-8-6-16(7-9-17)22-20(23)15-4-10-19(11-5-15)28(24,25)21-13-12-18-3-2-14-27-18/h2-11,14,21H,12-13H2,1H3,(H,22,23). The number of amides is 1. The van der Waals surface area contributed by atoms with Gasteiger partial charge in [0.1, 0.15) is 5.75 Å². The summed E-state index contributed by atoms with van der Waals surface area (Å²) in [4.78, 5) is 13.6. The lowest BCUT2D eigenvalue weighted by molar-refractivity contribution is 0.102. The fourth-order valence-electron chi connectivity index (χ4n) is 2.51. The molecule has 0 unspecified atom stereocenters. The molecule has 0 aliphatic heterocycles. The van der Waals surface area contributed by atoms with E-state index in [-0.39, 0.29) is 10.8 Å². The minimum atomic E-state index is -3.61. The Balaban J connectivity index is 1.60. The smallest absolute Gasteiger partial charge is 0.255 e. The summed E-state index contributed by atoms with van der Waals surface area (Å²) in [5.41, 5.74) is 0.992. The number of rotatable bonds is 8. The van der Waals surface area contributed by atoms with Crippen molar-refractivity contribution in [1.82, 2.24) is 4.72 Å². The zero-order valence-corrected chi connectivity index (χ0v) is 16.8. The fraction of sp³-hybridized carbons (Fsp3) is 0.150. The van der Waals surface area contributed by atoms with Crippen LogP contribution in [0.4, 0.5) is 5.69 Å². The van der Waals surface area contributed by atoms with Gasteiger partial charge in [0.2, 0.25) is 10.0 Å². The summed E-state index contributed by atoms with van der Waals surface area (Å²) in [7, 11) is -2.04. The summed E-state index contributed by atoms with van der Waals surface area (Å²) < 4.78 is 32.4. The Labute approximate surface area is 168 Å². The van der Waals surface area contributed by atoms with Crippen molar-refractivity contribution in [2.24, 2.45) is 0 Å². The average Bonchev–Trinajstić information content (AvgIpc) is 3.22. The van der Waals surface area contributed by atoms with Gasteiger partial charge < -0.3 is 10.1 Å². The average molecular weight is 417 g/mol. The molecule has 28 heavy (non-hydrogen) atoms. The number of hydrogen-bond acceptors (Lipinski definition) is 5. The fourth-order valence-corrected chi connectivity index (χ4v) is 4.25. The van der Waals surface area contributed by atoms with Gasteiger partial charge in [-0.05, 0) is 66.4 Å². The van der Waals surface area contributed by atoms with Crippen LogP contribution in [0.25, 0.3) is 0 Å². The maximum Gasteiger partial charge on any atom is 0.255 e. The van der Waals surface area contributed by atoms with Crippen LogP contribution in [0.3, 0.4) is 0 Å². The highest BCUT2D eigenvalue weighted by molar-refractivity contribution is 7.89. The van der Waals surface area contributed by atoms with Crippen LogP contribution in [0, 0.1) is 0 Å². The number of hydrogen-bond donors (Lipinski definition) is 2. The largest absolute Gasteiger partial charge is 0.497 e. The molecule has 1 aromatic heterocycles.